The lowest BCUT2D eigenvalue weighted by atomic mass is 10.3. The van der Waals surface area contributed by atoms with Crippen LogP contribution in [-0.2, 0) is 6.54 Å². The molecule has 0 aromatic carbocycles. The molecule has 0 saturated heterocycles. The van der Waals surface area contributed by atoms with Gasteiger partial charge in [0.1, 0.15) is 6.10 Å². The van der Waals surface area contributed by atoms with Gasteiger partial charge in [-0.1, -0.05) is 0 Å². The normalized spacial score (nSPS) is 13.4. The summed E-state index contributed by atoms with van der Waals surface area (Å²) in [5.74, 6) is 0. The summed E-state index contributed by atoms with van der Waals surface area (Å²) in [6, 6.07) is 1.70. The third kappa shape index (κ3) is 1.78. The van der Waals surface area contributed by atoms with Gasteiger partial charge >= 0.3 is 0 Å². The zero-order valence-electron chi connectivity index (χ0n) is 6.44. The highest BCUT2D eigenvalue weighted by atomic mass is 16.3. The Morgan fingerprint density at radius 2 is 2.45 bits per heavy atom. The first-order valence-corrected chi connectivity index (χ1v) is 3.60. The Kier molecular flexibility index (Phi) is 2.62. The molecule has 0 spiro atoms. The third-order valence-corrected chi connectivity index (χ3v) is 1.50. The highest BCUT2D eigenvalue weighted by Crippen LogP contribution is 2.07. The Morgan fingerprint density at radius 1 is 1.73 bits per heavy atom. The first-order chi connectivity index (χ1) is 5.27. The van der Waals surface area contributed by atoms with E-state index in [1.807, 2.05) is 6.92 Å². The highest BCUT2D eigenvalue weighted by Gasteiger charge is 2.07. The molecule has 0 fully saturated rings. The van der Waals surface area contributed by atoms with E-state index in [1.54, 1.807) is 16.9 Å². The second-order valence-corrected chi connectivity index (χ2v) is 2.29. The fourth-order valence-corrected chi connectivity index (χ4v) is 0.825. The van der Waals surface area contributed by atoms with E-state index < -0.39 is 6.10 Å². The Bertz CT molecular complexity index is 222. The number of rotatable bonds is 3. The number of aromatic nitrogens is 2. The maximum Gasteiger partial charge on any atom is 0.121 e. The van der Waals surface area contributed by atoms with E-state index in [2.05, 4.69) is 5.10 Å². The van der Waals surface area contributed by atoms with E-state index in [0.29, 0.717) is 5.69 Å². The summed E-state index contributed by atoms with van der Waals surface area (Å²) in [6.45, 7) is 2.46. The minimum absolute atomic E-state index is 0.277. The van der Waals surface area contributed by atoms with Crippen LogP contribution in [0.15, 0.2) is 12.3 Å². The number of aliphatic hydroxyl groups excluding tert-OH is 2. The fourth-order valence-electron chi connectivity index (χ4n) is 0.825. The molecule has 0 bridgehead atoms. The average molecular weight is 156 g/mol. The van der Waals surface area contributed by atoms with Crippen molar-refractivity contribution in [1.82, 2.24) is 9.78 Å². The number of hydrogen-bond donors (Lipinski definition) is 2. The molecule has 0 saturated carbocycles. The van der Waals surface area contributed by atoms with E-state index >= 15 is 0 Å². The van der Waals surface area contributed by atoms with Gasteiger partial charge in [0.2, 0.25) is 0 Å². The second-order valence-electron chi connectivity index (χ2n) is 2.29. The zero-order chi connectivity index (χ0) is 8.27. The van der Waals surface area contributed by atoms with Crippen LogP contribution in [0.25, 0.3) is 0 Å². The number of aryl methyl sites for hydroxylation is 1. The molecule has 1 aromatic rings. The quantitative estimate of drug-likeness (QED) is 0.644. The standard InChI is InChI=1S/C7H12N2O2/c1-2-9-4-3-6(8-9)7(11)5-10/h3-4,7,10-11H,2,5H2,1H3. The summed E-state index contributed by atoms with van der Waals surface area (Å²) < 4.78 is 1.70. The number of nitrogens with zero attached hydrogens (tertiary/aromatic N) is 2. The number of aliphatic hydroxyl groups is 2. The van der Waals surface area contributed by atoms with Gasteiger partial charge in [0.05, 0.1) is 12.3 Å². The molecule has 62 valence electrons. The molecule has 0 radical (unpaired) electrons. The van der Waals surface area contributed by atoms with Crippen molar-refractivity contribution in [3.8, 4) is 0 Å². The molecule has 0 aliphatic carbocycles. The molecule has 0 amide bonds. The molecule has 0 aliphatic rings. The largest absolute Gasteiger partial charge is 0.393 e. The van der Waals surface area contributed by atoms with Crippen molar-refractivity contribution >= 4 is 0 Å². The van der Waals surface area contributed by atoms with Crippen LogP contribution in [0.3, 0.4) is 0 Å². The minimum Gasteiger partial charge on any atom is -0.393 e. The molecule has 1 rings (SSSR count). The SMILES string of the molecule is CCn1ccc(C(O)CO)n1. The molecular formula is C7H12N2O2. The molecule has 4 nitrogen and oxygen atoms in total. The van der Waals surface area contributed by atoms with Crippen LogP contribution in [0.4, 0.5) is 0 Å². The summed E-state index contributed by atoms with van der Waals surface area (Å²) in [5.41, 5.74) is 0.523. The fraction of sp³-hybridized carbons (Fsp3) is 0.571. The van der Waals surface area contributed by atoms with Gasteiger partial charge in [0, 0.05) is 12.7 Å². The molecule has 1 aromatic heterocycles. The van der Waals surface area contributed by atoms with Crippen LogP contribution in [0.1, 0.15) is 18.7 Å². The van der Waals surface area contributed by atoms with Gasteiger partial charge in [-0.15, -0.1) is 0 Å². The van der Waals surface area contributed by atoms with E-state index in [4.69, 9.17) is 10.2 Å². The van der Waals surface area contributed by atoms with Crippen LogP contribution in [0.2, 0.25) is 0 Å². The average Bonchev–Trinajstić information content (AvgIpc) is 2.50. The van der Waals surface area contributed by atoms with E-state index in [1.165, 1.54) is 0 Å². The van der Waals surface area contributed by atoms with Crippen LogP contribution in [0, 0.1) is 0 Å². The lowest BCUT2D eigenvalue weighted by Crippen LogP contribution is -2.04. The summed E-state index contributed by atoms with van der Waals surface area (Å²) in [6.07, 6.45) is 0.927. The van der Waals surface area contributed by atoms with Gasteiger partial charge in [-0.25, -0.2) is 0 Å². The van der Waals surface area contributed by atoms with Gasteiger partial charge in [-0.05, 0) is 13.0 Å². The lowest BCUT2D eigenvalue weighted by molar-refractivity contribution is 0.0917. The lowest BCUT2D eigenvalue weighted by Gasteiger charge is -2.01. The molecule has 0 aliphatic heterocycles. The van der Waals surface area contributed by atoms with Crippen molar-refractivity contribution in [3.05, 3.63) is 18.0 Å². The molecule has 1 atom stereocenters. The molecule has 11 heavy (non-hydrogen) atoms. The zero-order valence-corrected chi connectivity index (χ0v) is 6.44. The molecule has 1 unspecified atom stereocenters. The molecule has 2 N–H and O–H groups in total. The van der Waals surface area contributed by atoms with Gasteiger partial charge in [-0.3, -0.25) is 4.68 Å². The van der Waals surface area contributed by atoms with Gasteiger partial charge < -0.3 is 10.2 Å². The van der Waals surface area contributed by atoms with Crippen LogP contribution < -0.4 is 0 Å². The van der Waals surface area contributed by atoms with Gasteiger partial charge in [0.15, 0.2) is 0 Å². The summed E-state index contributed by atoms with van der Waals surface area (Å²) in [4.78, 5) is 0. The van der Waals surface area contributed by atoms with Crippen LogP contribution in [0.5, 0.6) is 0 Å². The second kappa shape index (κ2) is 3.50. The van der Waals surface area contributed by atoms with E-state index in [9.17, 15) is 0 Å². The predicted molar refractivity (Wildman–Crippen MR) is 39.9 cm³/mol. The van der Waals surface area contributed by atoms with Crippen molar-refractivity contribution in [1.29, 1.82) is 0 Å². The summed E-state index contributed by atoms with van der Waals surface area (Å²) in [7, 11) is 0. The maximum atomic E-state index is 9.11. The predicted octanol–water partition coefficient (Wildman–Crippen LogP) is -0.0713. The van der Waals surface area contributed by atoms with Gasteiger partial charge in [0.25, 0.3) is 0 Å². The first-order valence-electron chi connectivity index (χ1n) is 3.60. The topological polar surface area (TPSA) is 58.3 Å². The molecule has 1 heterocycles. The van der Waals surface area contributed by atoms with E-state index in [0.717, 1.165) is 6.54 Å². The smallest absolute Gasteiger partial charge is 0.121 e. The Morgan fingerprint density at radius 3 is 2.91 bits per heavy atom. The van der Waals surface area contributed by atoms with Crippen molar-refractivity contribution in [3.63, 3.8) is 0 Å². The van der Waals surface area contributed by atoms with Crippen molar-refractivity contribution < 1.29 is 10.2 Å². The van der Waals surface area contributed by atoms with Crippen LogP contribution in [-0.4, -0.2) is 26.6 Å². The Hall–Kier alpha value is -0.870. The maximum absolute atomic E-state index is 9.11. The minimum atomic E-state index is -0.845. The highest BCUT2D eigenvalue weighted by molar-refractivity contribution is 5.02. The molecular weight excluding hydrogens is 144 g/mol. The Balaban J connectivity index is 2.71. The summed E-state index contributed by atoms with van der Waals surface area (Å²) >= 11 is 0. The van der Waals surface area contributed by atoms with Gasteiger partial charge in [-0.2, -0.15) is 5.10 Å². The monoisotopic (exact) mass is 156 g/mol. The Labute approximate surface area is 65.1 Å². The summed E-state index contributed by atoms with van der Waals surface area (Å²) in [5, 5.41) is 21.7. The van der Waals surface area contributed by atoms with E-state index in [-0.39, 0.29) is 6.61 Å². The first kappa shape index (κ1) is 8.23. The molecule has 4 heteroatoms. The van der Waals surface area contributed by atoms with Crippen molar-refractivity contribution in [2.45, 2.75) is 19.6 Å². The van der Waals surface area contributed by atoms with Crippen molar-refractivity contribution in [2.75, 3.05) is 6.61 Å². The third-order valence-electron chi connectivity index (χ3n) is 1.50. The number of hydrogen-bond acceptors (Lipinski definition) is 3. The van der Waals surface area contributed by atoms with Crippen molar-refractivity contribution in [2.24, 2.45) is 0 Å². The van der Waals surface area contributed by atoms with Crippen LogP contribution >= 0.6 is 0 Å².